The number of aryl methyl sites for hydroxylation is 2. The molecule has 0 fully saturated rings. The molecule has 0 aliphatic rings. The molecule has 1 N–H and O–H groups in total. The van der Waals surface area contributed by atoms with E-state index in [1.807, 2.05) is 50.2 Å². The standard InChI is InChI=1S/C23H29N3O2/c1-17(2)23(27)24-13-7-12-22-25-20-10-4-5-11-21(20)26(22)14-15-28-19-9-6-8-18(3)16-19/h4-6,8-11,16-17H,7,12-15H2,1-3H3,(H,24,27). The fourth-order valence-corrected chi connectivity index (χ4v) is 3.19. The van der Waals surface area contributed by atoms with E-state index in [-0.39, 0.29) is 11.8 Å². The van der Waals surface area contributed by atoms with Gasteiger partial charge in [0.25, 0.3) is 0 Å². The first-order valence-electron chi connectivity index (χ1n) is 9.96. The zero-order valence-corrected chi connectivity index (χ0v) is 16.9. The van der Waals surface area contributed by atoms with Crippen molar-refractivity contribution in [2.24, 2.45) is 5.92 Å². The maximum absolute atomic E-state index is 11.7. The molecule has 0 bridgehead atoms. The number of hydrogen-bond donors (Lipinski definition) is 1. The lowest BCUT2D eigenvalue weighted by molar-refractivity contribution is -0.123. The Morgan fingerprint density at radius 1 is 1.18 bits per heavy atom. The number of benzene rings is 2. The molecule has 1 amide bonds. The van der Waals surface area contributed by atoms with Crippen LogP contribution >= 0.6 is 0 Å². The SMILES string of the molecule is Cc1cccc(OCCn2c(CCCNC(=O)C(C)C)nc3ccccc32)c1. The molecule has 0 spiro atoms. The summed E-state index contributed by atoms with van der Waals surface area (Å²) < 4.78 is 8.17. The number of hydrogen-bond acceptors (Lipinski definition) is 3. The van der Waals surface area contributed by atoms with Gasteiger partial charge in [-0.05, 0) is 43.2 Å². The number of aromatic nitrogens is 2. The Bertz CT molecular complexity index is 930. The molecule has 0 atom stereocenters. The van der Waals surface area contributed by atoms with Gasteiger partial charge >= 0.3 is 0 Å². The number of imidazole rings is 1. The summed E-state index contributed by atoms with van der Waals surface area (Å²) in [5.74, 6) is 2.04. The predicted molar refractivity (Wildman–Crippen MR) is 113 cm³/mol. The van der Waals surface area contributed by atoms with Gasteiger partial charge in [-0.25, -0.2) is 4.98 Å². The Labute approximate surface area is 166 Å². The Morgan fingerprint density at radius 3 is 2.79 bits per heavy atom. The van der Waals surface area contributed by atoms with E-state index in [2.05, 4.69) is 28.9 Å². The smallest absolute Gasteiger partial charge is 0.222 e. The third-order valence-corrected chi connectivity index (χ3v) is 4.71. The van der Waals surface area contributed by atoms with E-state index in [4.69, 9.17) is 9.72 Å². The van der Waals surface area contributed by atoms with Gasteiger partial charge in [0.15, 0.2) is 0 Å². The topological polar surface area (TPSA) is 56.1 Å². The fourth-order valence-electron chi connectivity index (χ4n) is 3.19. The van der Waals surface area contributed by atoms with Crippen LogP contribution < -0.4 is 10.1 Å². The number of rotatable bonds is 9. The molecule has 28 heavy (non-hydrogen) atoms. The van der Waals surface area contributed by atoms with Crippen LogP contribution in [0.2, 0.25) is 0 Å². The lowest BCUT2D eigenvalue weighted by Gasteiger charge is -2.12. The summed E-state index contributed by atoms with van der Waals surface area (Å²) in [7, 11) is 0. The fraction of sp³-hybridized carbons (Fsp3) is 0.391. The average Bonchev–Trinajstić information content (AvgIpc) is 3.03. The predicted octanol–water partition coefficient (Wildman–Crippen LogP) is 4.13. The number of nitrogens with one attached hydrogen (secondary N) is 1. The number of para-hydroxylation sites is 2. The monoisotopic (exact) mass is 379 g/mol. The minimum Gasteiger partial charge on any atom is -0.492 e. The average molecular weight is 380 g/mol. The minimum absolute atomic E-state index is 0.0170. The molecule has 0 radical (unpaired) electrons. The number of nitrogens with zero attached hydrogens (tertiary/aromatic N) is 2. The summed E-state index contributed by atoms with van der Waals surface area (Å²) >= 11 is 0. The molecular formula is C23H29N3O2. The van der Waals surface area contributed by atoms with Crippen LogP contribution in [0.4, 0.5) is 0 Å². The van der Waals surface area contributed by atoms with E-state index in [0.29, 0.717) is 13.2 Å². The molecule has 3 rings (SSSR count). The van der Waals surface area contributed by atoms with Crippen molar-refractivity contribution in [3.63, 3.8) is 0 Å². The Kier molecular flexibility index (Phi) is 6.69. The molecule has 0 unspecified atom stereocenters. The highest BCUT2D eigenvalue weighted by Gasteiger charge is 2.11. The highest BCUT2D eigenvalue weighted by atomic mass is 16.5. The van der Waals surface area contributed by atoms with Crippen molar-refractivity contribution in [2.75, 3.05) is 13.2 Å². The van der Waals surface area contributed by atoms with Crippen LogP contribution in [-0.2, 0) is 17.8 Å². The lowest BCUT2D eigenvalue weighted by atomic mass is 10.2. The van der Waals surface area contributed by atoms with Gasteiger partial charge in [-0.3, -0.25) is 4.79 Å². The van der Waals surface area contributed by atoms with Crippen LogP contribution in [0.25, 0.3) is 11.0 Å². The van der Waals surface area contributed by atoms with Crippen LogP contribution in [0.5, 0.6) is 5.75 Å². The van der Waals surface area contributed by atoms with Crippen LogP contribution in [-0.4, -0.2) is 28.6 Å². The van der Waals surface area contributed by atoms with Gasteiger partial charge in [0.05, 0.1) is 17.6 Å². The summed E-state index contributed by atoms with van der Waals surface area (Å²) in [6.45, 7) is 7.86. The molecule has 5 nitrogen and oxygen atoms in total. The number of fused-ring (bicyclic) bond motifs is 1. The second-order valence-electron chi connectivity index (χ2n) is 7.38. The molecule has 0 aliphatic heterocycles. The molecule has 0 saturated carbocycles. The summed E-state index contributed by atoms with van der Waals surface area (Å²) in [6.07, 6.45) is 1.68. The van der Waals surface area contributed by atoms with Crippen molar-refractivity contribution in [1.29, 1.82) is 0 Å². The van der Waals surface area contributed by atoms with Gasteiger partial charge < -0.3 is 14.6 Å². The zero-order valence-electron chi connectivity index (χ0n) is 16.9. The van der Waals surface area contributed by atoms with E-state index >= 15 is 0 Å². The van der Waals surface area contributed by atoms with Crippen molar-refractivity contribution in [2.45, 2.75) is 40.2 Å². The Morgan fingerprint density at radius 2 is 2.00 bits per heavy atom. The maximum atomic E-state index is 11.7. The van der Waals surface area contributed by atoms with Crippen molar-refractivity contribution < 1.29 is 9.53 Å². The molecule has 1 heterocycles. The summed E-state index contributed by atoms with van der Waals surface area (Å²) in [5, 5.41) is 2.97. The van der Waals surface area contributed by atoms with E-state index in [9.17, 15) is 4.79 Å². The van der Waals surface area contributed by atoms with Crippen LogP contribution in [0.1, 0.15) is 31.7 Å². The molecule has 148 valence electrons. The first-order valence-corrected chi connectivity index (χ1v) is 9.96. The molecule has 0 saturated heterocycles. The Hall–Kier alpha value is -2.82. The van der Waals surface area contributed by atoms with E-state index in [1.54, 1.807) is 0 Å². The minimum atomic E-state index is 0.0170. The third kappa shape index (κ3) is 5.12. The van der Waals surface area contributed by atoms with Gasteiger partial charge in [-0.15, -0.1) is 0 Å². The zero-order chi connectivity index (χ0) is 19.9. The summed E-state index contributed by atoms with van der Waals surface area (Å²) in [6, 6.07) is 16.3. The first kappa shape index (κ1) is 19.9. The van der Waals surface area contributed by atoms with Crippen molar-refractivity contribution in [3.8, 4) is 5.75 Å². The molecule has 0 aliphatic carbocycles. The van der Waals surface area contributed by atoms with Gasteiger partial charge in [0, 0.05) is 18.9 Å². The second kappa shape index (κ2) is 9.40. The quantitative estimate of drug-likeness (QED) is 0.569. The van der Waals surface area contributed by atoms with Crippen LogP contribution in [0.15, 0.2) is 48.5 Å². The number of carbonyl (C=O) groups excluding carboxylic acids is 1. The highest BCUT2D eigenvalue weighted by Crippen LogP contribution is 2.18. The van der Waals surface area contributed by atoms with Gasteiger partial charge in [-0.2, -0.15) is 0 Å². The van der Waals surface area contributed by atoms with E-state index in [0.717, 1.165) is 42.0 Å². The normalized spacial score (nSPS) is 11.1. The summed E-state index contributed by atoms with van der Waals surface area (Å²) in [4.78, 5) is 16.5. The van der Waals surface area contributed by atoms with Crippen molar-refractivity contribution in [3.05, 3.63) is 59.9 Å². The molecule has 1 aromatic heterocycles. The van der Waals surface area contributed by atoms with Gasteiger partial charge in [-0.1, -0.05) is 38.1 Å². The third-order valence-electron chi connectivity index (χ3n) is 4.71. The van der Waals surface area contributed by atoms with Gasteiger partial charge in [0.1, 0.15) is 18.2 Å². The van der Waals surface area contributed by atoms with Crippen molar-refractivity contribution >= 4 is 16.9 Å². The lowest BCUT2D eigenvalue weighted by Crippen LogP contribution is -2.28. The molecule has 3 aromatic rings. The van der Waals surface area contributed by atoms with E-state index < -0.39 is 0 Å². The number of carbonyl (C=O) groups is 1. The van der Waals surface area contributed by atoms with Crippen LogP contribution in [0.3, 0.4) is 0 Å². The van der Waals surface area contributed by atoms with Crippen LogP contribution in [0, 0.1) is 12.8 Å². The molecular weight excluding hydrogens is 350 g/mol. The van der Waals surface area contributed by atoms with E-state index in [1.165, 1.54) is 5.56 Å². The van der Waals surface area contributed by atoms with Gasteiger partial charge in [0.2, 0.25) is 5.91 Å². The highest BCUT2D eigenvalue weighted by molar-refractivity contribution is 5.77. The first-order chi connectivity index (χ1) is 13.5. The summed E-state index contributed by atoms with van der Waals surface area (Å²) in [5.41, 5.74) is 3.31. The number of amides is 1. The maximum Gasteiger partial charge on any atom is 0.222 e. The largest absolute Gasteiger partial charge is 0.492 e. The molecule has 5 heteroatoms. The molecule has 2 aromatic carbocycles. The second-order valence-corrected chi connectivity index (χ2v) is 7.38. The van der Waals surface area contributed by atoms with Crippen molar-refractivity contribution in [1.82, 2.24) is 14.9 Å². The number of ether oxygens (including phenoxy) is 1. The Balaban J connectivity index is 1.64.